The van der Waals surface area contributed by atoms with Crippen LogP contribution in [-0.2, 0) is 11.3 Å². The number of rotatable bonds is 7. The van der Waals surface area contributed by atoms with Crippen LogP contribution in [0.5, 0.6) is 0 Å². The van der Waals surface area contributed by atoms with Crippen molar-refractivity contribution in [3.8, 4) is 11.5 Å². The van der Waals surface area contributed by atoms with Crippen LogP contribution in [0.1, 0.15) is 29.1 Å². The summed E-state index contributed by atoms with van der Waals surface area (Å²) in [4.78, 5) is 18.1. The lowest BCUT2D eigenvalue weighted by Gasteiger charge is -2.37. The van der Waals surface area contributed by atoms with E-state index in [4.69, 9.17) is 9.15 Å². The molecule has 3 aromatic rings. The summed E-state index contributed by atoms with van der Waals surface area (Å²) in [5, 5.41) is 8.34. The Hall–Kier alpha value is -2.68. The Labute approximate surface area is 198 Å². The Morgan fingerprint density at radius 3 is 2.52 bits per heavy atom. The third-order valence-electron chi connectivity index (χ3n) is 6.24. The molecule has 8 heteroatoms. The van der Waals surface area contributed by atoms with Crippen LogP contribution in [0.2, 0.25) is 0 Å². The van der Waals surface area contributed by atoms with E-state index in [9.17, 15) is 4.79 Å². The summed E-state index contributed by atoms with van der Waals surface area (Å²) in [6.07, 6.45) is 2.22. The molecule has 33 heavy (non-hydrogen) atoms. The second kappa shape index (κ2) is 10.1. The van der Waals surface area contributed by atoms with Gasteiger partial charge in [0, 0.05) is 54.6 Å². The van der Waals surface area contributed by atoms with Gasteiger partial charge in [0.2, 0.25) is 5.89 Å². The molecule has 172 valence electrons. The van der Waals surface area contributed by atoms with Crippen molar-refractivity contribution in [2.75, 3.05) is 33.4 Å². The zero-order chi connectivity index (χ0) is 22.6. The number of nitrogens with zero attached hydrogens (tertiary/aromatic N) is 4. The van der Waals surface area contributed by atoms with Crippen LogP contribution in [0.25, 0.3) is 11.5 Å². The van der Waals surface area contributed by atoms with Crippen LogP contribution < -0.4 is 0 Å². The van der Waals surface area contributed by atoms with E-state index in [1.54, 1.807) is 4.90 Å². The van der Waals surface area contributed by atoms with Gasteiger partial charge in [-0.15, -0.1) is 22.0 Å². The standard InChI is InChI=1S/C25H28N4O3S/c1-28(20-11-13-31-14-12-20)15-18-7-9-21(10-8-18)33-22-16-29(17-22)25(30)24-27-26-23(32-24)19-5-3-2-4-6-19/h2-10,20,22H,11-17H2,1H3. The molecular weight excluding hydrogens is 436 g/mol. The fraction of sp³-hybridized carbons (Fsp3) is 0.400. The average Bonchev–Trinajstić information content (AvgIpc) is 3.33. The van der Waals surface area contributed by atoms with Gasteiger partial charge in [0.05, 0.1) is 0 Å². The van der Waals surface area contributed by atoms with Crippen LogP contribution in [0.15, 0.2) is 63.9 Å². The molecule has 2 aliphatic heterocycles. The van der Waals surface area contributed by atoms with Gasteiger partial charge < -0.3 is 14.1 Å². The quantitative estimate of drug-likeness (QED) is 0.524. The molecular formula is C25H28N4O3S. The van der Waals surface area contributed by atoms with Crippen molar-refractivity contribution in [2.45, 2.75) is 35.6 Å². The van der Waals surface area contributed by atoms with Crippen LogP contribution in [0.4, 0.5) is 0 Å². The number of ether oxygens (including phenoxy) is 1. The van der Waals surface area contributed by atoms with E-state index in [0.717, 1.165) is 38.2 Å². The predicted octanol–water partition coefficient (Wildman–Crippen LogP) is 3.96. The number of thioether (sulfide) groups is 1. The number of hydrogen-bond acceptors (Lipinski definition) is 7. The highest BCUT2D eigenvalue weighted by Crippen LogP contribution is 2.31. The molecule has 2 aromatic carbocycles. The third-order valence-corrected chi connectivity index (χ3v) is 7.41. The smallest absolute Gasteiger partial charge is 0.311 e. The number of likely N-dealkylation sites (tertiary alicyclic amines) is 1. The molecule has 3 heterocycles. The summed E-state index contributed by atoms with van der Waals surface area (Å²) < 4.78 is 11.1. The first kappa shape index (κ1) is 22.1. The highest BCUT2D eigenvalue weighted by molar-refractivity contribution is 8.00. The molecule has 0 bridgehead atoms. The number of amides is 1. The summed E-state index contributed by atoms with van der Waals surface area (Å²) in [7, 11) is 2.20. The fourth-order valence-electron chi connectivity index (χ4n) is 4.23. The van der Waals surface area contributed by atoms with Crippen molar-refractivity contribution in [3.63, 3.8) is 0 Å². The molecule has 1 amide bonds. The van der Waals surface area contributed by atoms with E-state index in [0.29, 0.717) is 30.3 Å². The largest absolute Gasteiger partial charge is 0.412 e. The van der Waals surface area contributed by atoms with Crippen molar-refractivity contribution in [1.29, 1.82) is 0 Å². The second-order valence-electron chi connectivity index (χ2n) is 8.63. The molecule has 2 aliphatic rings. The Balaban J connectivity index is 1.09. The Morgan fingerprint density at radius 2 is 1.79 bits per heavy atom. The molecule has 0 N–H and O–H groups in total. The number of hydrogen-bond donors (Lipinski definition) is 0. The normalized spacial score (nSPS) is 17.3. The van der Waals surface area contributed by atoms with Crippen molar-refractivity contribution in [2.24, 2.45) is 0 Å². The number of benzene rings is 2. The van der Waals surface area contributed by atoms with E-state index in [-0.39, 0.29) is 11.8 Å². The van der Waals surface area contributed by atoms with Gasteiger partial charge in [0.15, 0.2) is 0 Å². The Bertz CT molecular complexity index is 1060. The van der Waals surface area contributed by atoms with Crippen LogP contribution >= 0.6 is 11.8 Å². The molecule has 1 aromatic heterocycles. The van der Waals surface area contributed by atoms with Gasteiger partial charge in [-0.2, -0.15) is 0 Å². The molecule has 0 atom stereocenters. The number of carbonyl (C=O) groups is 1. The summed E-state index contributed by atoms with van der Waals surface area (Å²) in [5.74, 6) is 0.219. The predicted molar refractivity (Wildman–Crippen MR) is 127 cm³/mol. The van der Waals surface area contributed by atoms with E-state index < -0.39 is 0 Å². The maximum atomic E-state index is 12.7. The highest BCUT2D eigenvalue weighted by Gasteiger charge is 2.34. The van der Waals surface area contributed by atoms with Gasteiger partial charge in [-0.05, 0) is 49.7 Å². The molecule has 0 spiro atoms. The first-order chi connectivity index (χ1) is 16.2. The lowest BCUT2D eigenvalue weighted by molar-refractivity contribution is 0.0407. The topological polar surface area (TPSA) is 71.7 Å². The lowest BCUT2D eigenvalue weighted by Crippen LogP contribution is -2.52. The zero-order valence-corrected chi connectivity index (χ0v) is 19.5. The molecule has 0 unspecified atom stereocenters. The lowest BCUT2D eigenvalue weighted by atomic mass is 10.1. The molecule has 0 radical (unpaired) electrons. The molecule has 2 saturated heterocycles. The van der Waals surface area contributed by atoms with Crippen molar-refractivity contribution >= 4 is 17.7 Å². The maximum absolute atomic E-state index is 12.7. The van der Waals surface area contributed by atoms with Crippen LogP contribution in [-0.4, -0.2) is 70.5 Å². The molecule has 7 nitrogen and oxygen atoms in total. The molecule has 0 saturated carbocycles. The summed E-state index contributed by atoms with van der Waals surface area (Å²) in [6, 6.07) is 18.9. The number of carbonyl (C=O) groups excluding carboxylic acids is 1. The van der Waals surface area contributed by atoms with Gasteiger partial charge in [-0.1, -0.05) is 30.3 Å². The minimum atomic E-state index is -0.201. The van der Waals surface area contributed by atoms with E-state index >= 15 is 0 Å². The van der Waals surface area contributed by atoms with Crippen molar-refractivity contribution in [1.82, 2.24) is 20.0 Å². The Kier molecular flexibility index (Phi) is 6.75. The minimum absolute atomic E-state index is 0.0512. The summed E-state index contributed by atoms with van der Waals surface area (Å²) in [6.45, 7) is 4.05. The first-order valence-corrected chi connectivity index (χ1v) is 12.3. The summed E-state index contributed by atoms with van der Waals surface area (Å²) >= 11 is 1.81. The maximum Gasteiger partial charge on any atom is 0.311 e. The van der Waals surface area contributed by atoms with Crippen molar-refractivity contribution < 1.29 is 13.9 Å². The molecule has 2 fully saturated rings. The highest BCUT2D eigenvalue weighted by atomic mass is 32.2. The Morgan fingerprint density at radius 1 is 1.06 bits per heavy atom. The van der Waals surface area contributed by atoms with Crippen LogP contribution in [0, 0.1) is 0 Å². The third kappa shape index (κ3) is 5.29. The van der Waals surface area contributed by atoms with E-state index in [1.165, 1.54) is 10.5 Å². The van der Waals surface area contributed by atoms with E-state index in [1.807, 2.05) is 42.1 Å². The van der Waals surface area contributed by atoms with Gasteiger partial charge >= 0.3 is 11.8 Å². The number of aromatic nitrogens is 2. The monoisotopic (exact) mass is 464 g/mol. The minimum Gasteiger partial charge on any atom is -0.412 e. The molecule has 0 aliphatic carbocycles. The van der Waals surface area contributed by atoms with Gasteiger partial charge in [-0.25, -0.2) is 0 Å². The van der Waals surface area contributed by atoms with Gasteiger partial charge in [0.1, 0.15) is 0 Å². The van der Waals surface area contributed by atoms with E-state index in [2.05, 4.69) is 46.4 Å². The summed E-state index contributed by atoms with van der Waals surface area (Å²) in [5.41, 5.74) is 2.13. The van der Waals surface area contributed by atoms with Gasteiger partial charge in [0.25, 0.3) is 0 Å². The zero-order valence-electron chi connectivity index (χ0n) is 18.7. The molecule has 5 rings (SSSR count). The second-order valence-corrected chi connectivity index (χ2v) is 10.0. The van der Waals surface area contributed by atoms with Gasteiger partial charge in [-0.3, -0.25) is 9.69 Å². The van der Waals surface area contributed by atoms with Crippen LogP contribution in [0.3, 0.4) is 0 Å². The average molecular weight is 465 g/mol. The fourth-order valence-corrected chi connectivity index (χ4v) is 5.42. The van der Waals surface area contributed by atoms with Crippen molar-refractivity contribution in [3.05, 3.63) is 66.1 Å². The SMILES string of the molecule is CN(Cc1ccc(SC2CN(C(=O)c3nnc(-c4ccccc4)o3)C2)cc1)C1CCOCC1. The first-order valence-electron chi connectivity index (χ1n) is 11.4.